The highest BCUT2D eigenvalue weighted by Crippen LogP contribution is 2.26. The smallest absolute Gasteiger partial charge is 0.337 e. The summed E-state index contributed by atoms with van der Waals surface area (Å²) in [6.45, 7) is 0. The van der Waals surface area contributed by atoms with Gasteiger partial charge in [-0.05, 0) is 65.2 Å². The minimum absolute atomic E-state index is 0.352. The molecule has 0 N–H and O–H groups in total. The number of carbonyl (C=O) groups excluding carboxylic acids is 1. The van der Waals surface area contributed by atoms with E-state index in [4.69, 9.17) is 9.47 Å². The Balaban J connectivity index is 1.77. The normalized spacial score (nSPS) is 10.2. The first-order valence-electron chi connectivity index (χ1n) is 8.81. The lowest BCUT2D eigenvalue weighted by molar-refractivity contribution is 0.0600. The summed E-state index contributed by atoms with van der Waals surface area (Å²) in [6, 6.07) is 23.2. The highest BCUT2D eigenvalue weighted by atomic mass is 16.5. The predicted molar refractivity (Wildman–Crippen MR) is 112 cm³/mol. The van der Waals surface area contributed by atoms with Crippen LogP contribution >= 0.6 is 0 Å². The van der Waals surface area contributed by atoms with Gasteiger partial charge in [0.1, 0.15) is 5.75 Å². The lowest BCUT2D eigenvalue weighted by atomic mass is 9.99. The van der Waals surface area contributed by atoms with Crippen molar-refractivity contribution in [1.29, 1.82) is 0 Å². The second-order valence-corrected chi connectivity index (χ2v) is 5.99. The number of ether oxygens (including phenoxy) is 2. The van der Waals surface area contributed by atoms with E-state index in [1.807, 2.05) is 48.6 Å². The van der Waals surface area contributed by atoms with Gasteiger partial charge in [0.15, 0.2) is 0 Å². The van der Waals surface area contributed by atoms with Gasteiger partial charge < -0.3 is 9.47 Å². The highest BCUT2D eigenvalue weighted by Gasteiger charge is 2.03. The summed E-state index contributed by atoms with van der Waals surface area (Å²) >= 11 is 0. The average molecular weight is 368 g/mol. The third-order valence-corrected chi connectivity index (χ3v) is 4.23. The van der Waals surface area contributed by atoms with E-state index in [-0.39, 0.29) is 5.97 Å². The van der Waals surface area contributed by atoms with Crippen molar-refractivity contribution in [3.8, 4) is 28.7 Å². The molecule has 0 saturated heterocycles. The molecule has 138 valence electrons. The third-order valence-electron chi connectivity index (χ3n) is 4.23. The van der Waals surface area contributed by atoms with Gasteiger partial charge in [0, 0.05) is 5.56 Å². The molecule has 3 rings (SSSR count). The Labute approximate surface area is 165 Å². The lowest BCUT2D eigenvalue weighted by Gasteiger charge is -2.07. The van der Waals surface area contributed by atoms with Gasteiger partial charge in [-0.15, -0.1) is 0 Å². The molecule has 0 heterocycles. The van der Waals surface area contributed by atoms with Crippen LogP contribution in [-0.4, -0.2) is 20.2 Å². The zero-order valence-corrected chi connectivity index (χ0v) is 15.8. The zero-order chi connectivity index (χ0) is 19.8. The molecule has 0 amide bonds. The molecule has 0 radical (unpaired) electrons. The molecule has 0 aliphatic rings. The van der Waals surface area contributed by atoms with Crippen molar-refractivity contribution in [3.05, 3.63) is 95.6 Å². The number of allylic oxidation sites excluding steroid dienone is 1. The fourth-order valence-corrected chi connectivity index (χ4v) is 2.74. The van der Waals surface area contributed by atoms with E-state index in [0.717, 1.165) is 28.0 Å². The van der Waals surface area contributed by atoms with Crippen LogP contribution in [0.5, 0.6) is 5.75 Å². The van der Waals surface area contributed by atoms with Crippen LogP contribution < -0.4 is 4.74 Å². The summed E-state index contributed by atoms with van der Waals surface area (Å²) in [5.41, 5.74) is 4.68. The molecular weight excluding hydrogens is 348 g/mol. The second kappa shape index (κ2) is 9.25. The Bertz CT molecular complexity index is 1030. The van der Waals surface area contributed by atoms with E-state index >= 15 is 0 Å². The van der Waals surface area contributed by atoms with Gasteiger partial charge in [0.25, 0.3) is 0 Å². The molecule has 0 aliphatic heterocycles. The first-order valence-corrected chi connectivity index (χ1v) is 8.81. The maximum atomic E-state index is 11.5. The molecule has 0 spiro atoms. The molecule has 0 unspecified atom stereocenters. The Kier molecular flexibility index (Phi) is 6.28. The van der Waals surface area contributed by atoms with Gasteiger partial charge >= 0.3 is 5.97 Å². The fraction of sp³-hybridized carbons (Fsp3) is 0.0800. The van der Waals surface area contributed by atoms with Gasteiger partial charge in [-0.3, -0.25) is 0 Å². The quantitative estimate of drug-likeness (QED) is 0.468. The fourth-order valence-electron chi connectivity index (χ4n) is 2.74. The molecule has 3 nitrogen and oxygen atoms in total. The minimum Gasteiger partial charge on any atom is -0.497 e. The molecule has 3 aromatic rings. The molecule has 0 fully saturated rings. The number of hydrogen-bond acceptors (Lipinski definition) is 3. The van der Waals surface area contributed by atoms with E-state index in [9.17, 15) is 4.79 Å². The number of carbonyl (C=O) groups is 1. The van der Waals surface area contributed by atoms with E-state index in [0.29, 0.717) is 5.56 Å². The monoisotopic (exact) mass is 368 g/mol. The van der Waals surface area contributed by atoms with E-state index < -0.39 is 0 Å². The summed E-state index contributed by atoms with van der Waals surface area (Å²) < 4.78 is 9.92. The zero-order valence-electron chi connectivity index (χ0n) is 15.8. The van der Waals surface area contributed by atoms with Crippen LogP contribution in [0.1, 0.15) is 21.5 Å². The van der Waals surface area contributed by atoms with Gasteiger partial charge in [-0.25, -0.2) is 4.79 Å². The summed E-state index contributed by atoms with van der Waals surface area (Å²) in [4.78, 5) is 11.5. The Hall–Kier alpha value is -3.77. The largest absolute Gasteiger partial charge is 0.497 e. The second-order valence-electron chi connectivity index (χ2n) is 5.99. The van der Waals surface area contributed by atoms with Crippen molar-refractivity contribution in [2.24, 2.45) is 0 Å². The molecule has 0 atom stereocenters. The van der Waals surface area contributed by atoms with Gasteiger partial charge in [0.2, 0.25) is 0 Å². The molecule has 3 aromatic carbocycles. The molecule has 3 heteroatoms. The van der Waals surface area contributed by atoms with Gasteiger partial charge in [-0.2, -0.15) is 0 Å². The summed E-state index contributed by atoms with van der Waals surface area (Å²) in [6.07, 6.45) is 3.83. The Morgan fingerprint density at radius 3 is 2.29 bits per heavy atom. The summed E-state index contributed by atoms with van der Waals surface area (Å²) in [5, 5.41) is 0. The first kappa shape index (κ1) is 19.0. The number of esters is 1. The van der Waals surface area contributed by atoms with Crippen molar-refractivity contribution in [3.63, 3.8) is 0 Å². The number of benzene rings is 3. The van der Waals surface area contributed by atoms with E-state index in [1.165, 1.54) is 7.11 Å². The molecule has 0 saturated carbocycles. The van der Waals surface area contributed by atoms with Crippen molar-refractivity contribution >= 4 is 12.0 Å². The average Bonchev–Trinajstić information content (AvgIpc) is 2.77. The van der Waals surface area contributed by atoms with Crippen LogP contribution in [0.25, 0.3) is 17.2 Å². The van der Waals surface area contributed by atoms with Crippen molar-refractivity contribution in [1.82, 2.24) is 0 Å². The van der Waals surface area contributed by atoms with Crippen LogP contribution in [0, 0.1) is 11.8 Å². The van der Waals surface area contributed by atoms with Crippen molar-refractivity contribution in [2.45, 2.75) is 0 Å². The van der Waals surface area contributed by atoms with E-state index in [2.05, 4.69) is 24.0 Å². The number of hydrogen-bond donors (Lipinski definition) is 0. The van der Waals surface area contributed by atoms with Crippen LogP contribution in [0.15, 0.2) is 78.9 Å². The summed E-state index contributed by atoms with van der Waals surface area (Å²) in [5.74, 6) is 6.59. The molecular formula is C25H20O3. The predicted octanol–water partition coefficient (Wildman–Crippen LogP) is 5.21. The lowest BCUT2D eigenvalue weighted by Crippen LogP contribution is -2.00. The SMILES string of the molecule is COC(=O)c1ccc(C#C/C=C/c2ccccc2-c2ccc(OC)cc2)cc1. The van der Waals surface area contributed by atoms with Gasteiger partial charge in [0.05, 0.1) is 19.8 Å². The Morgan fingerprint density at radius 1 is 0.893 bits per heavy atom. The van der Waals surface area contributed by atoms with Crippen LogP contribution in [0.3, 0.4) is 0 Å². The molecule has 0 aliphatic carbocycles. The standard InChI is InChI=1S/C25H20O3/c1-27-23-17-15-21(16-18-23)24-10-6-5-9-20(24)8-4-3-7-19-11-13-22(14-12-19)25(26)28-2/h4-6,8-18H,1-2H3/b8-4+. The third kappa shape index (κ3) is 4.69. The van der Waals surface area contributed by atoms with Crippen LogP contribution in [-0.2, 0) is 4.74 Å². The van der Waals surface area contributed by atoms with Crippen molar-refractivity contribution in [2.75, 3.05) is 14.2 Å². The first-order chi connectivity index (χ1) is 13.7. The number of methoxy groups -OCH3 is 2. The maximum Gasteiger partial charge on any atom is 0.337 e. The van der Waals surface area contributed by atoms with Gasteiger partial charge in [-0.1, -0.05) is 48.2 Å². The molecule has 28 heavy (non-hydrogen) atoms. The molecule has 0 aromatic heterocycles. The van der Waals surface area contributed by atoms with Crippen molar-refractivity contribution < 1.29 is 14.3 Å². The highest BCUT2D eigenvalue weighted by molar-refractivity contribution is 5.89. The Morgan fingerprint density at radius 2 is 1.61 bits per heavy atom. The molecule has 0 bridgehead atoms. The summed E-state index contributed by atoms with van der Waals surface area (Å²) in [7, 11) is 3.03. The number of rotatable bonds is 4. The topological polar surface area (TPSA) is 35.5 Å². The van der Waals surface area contributed by atoms with Crippen LogP contribution in [0.2, 0.25) is 0 Å². The van der Waals surface area contributed by atoms with Crippen LogP contribution in [0.4, 0.5) is 0 Å². The minimum atomic E-state index is -0.352. The maximum absolute atomic E-state index is 11.5. The van der Waals surface area contributed by atoms with E-state index in [1.54, 1.807) is 31.4 Å².